The van der Waals surface area contributed by atoms with E-state index < -0.39 is 6.10 Å². The molecule has 0 aromatic heterocycles. The summed E-state index contributed by atoms with van der Waals surface area (Å²) < 4.78 is 5.78. The first-order chi connectivity index (χ1) is 9.75. The van der Waals surface area contributed by atoms with Crippen molar-refractivity contribution in [3.8, 4) is 5.75 Å². The van der Waals surface area contributed by atoms with Gasteiger partial charge in [-0.2, -0.15) is 0 Å². The number of aliphatic hydroxyl groups is 1. The maximum absolute atomic E-state index is 12.1. The molecule has 0 fully saturated rings. The molecule has 2 aromatic carbocycles. The van der Waals surface area contributed by atoms with Gasteiger partial charge < -0.3 is 9.84 Å². The van der Waals surface area contributed by atoms with Gasteiger partial charge in [-0.1, -0.05) is 42.5 Å². The summed E-state index contributed by atoms with van der Waals surface area (Å²) in [5, 5.41) is 9.73. The monoisotopic (exact) mass is 268 g/mol. The summed E-state index contributed by atoms with van der Waals surface area (Å²) in [7, 11) is 0. The number of ketones is 1. The Hall–Kier alpha value is -2.13. The Bertz CT molecular complexity index is 619. The van der Waals surface area contributed by atoms with Crippen LogP contribution < -0.4 is 4.74 Å². The number of hydrogen-bond acceptors (Lipinski definition) is 3. The molecule has 0 heterocycles. The van der Waals surface area contributed by atoms with Crippen molar-refractivity contribution < 1.29 is 14.6 Å². The van der Waals surface area contributed by atoms with E-state index in [4.69, 9.17) is 4.74 Å². The van der Waals surface area contributed by atoms with Crippen LogP contribution in [0.3, 0.4) is 0 Å². The zero-order valence-electron chi connectivity index (χ0n) is 11.1. The molecule has 0 spiro atoms. The van der Waals surface area contributed by atoms with Crippen LogP contribution in [0.25, 0.3) is 0 Å². The van der Waals surface area contributed by atoms with E-state index >= 15 is 0 Å². The topological polar surface area (TPSA) is 46.5 Å². The van der Waals surface area contributed by atoms with Gasteiger partial charge in [0.2, 0.25) is 0 Å². The molecule has 0 bridgehead atoms. The minimum absolute atomic E-state index is 0.227. The first-order valence-corrected chi connectivity index (χ1v) is 6.76. The highest BCUT2D eigenvalue weighted by atomic mass is 16.5. The van der Waals surface area contributed by atoms with Crippen molar-refractivity contribution in [2.75, 3.05) is 0 Å². The Morgan fingerprint density at radius 1 is 1.10 bits per heavy atom. The molecular formula is C17H16O3. The summed E-state index contributed by atoms with van der Waals surface area (Å²) in [6.45, 7) is 0.417. The van der Waals surface area contributed by atoms with E-state index in [2.05, 4.69) is 0 Å². The van der Waals surface area contributed by atoms with E-state index in [0.717, 1.165) is 11.1 Å². The highest BCUT2D eigenvalue weighted by molar-refractivity contribution is 6.03. The van der Waals surface area contributed by atoms with Gasteiger partial charge in [0.05, 0.1) is 5.56 Å². The predicted octanol–water partition coefficient (Wildman–Crippen LogP) is 2.76. The Morgan fingerprint density at radius 2 is 1.90 bits per heavy atom. The Labute approximate surface area is 117 Å². The third-order valence-electron chi connectivity index (χ3n) is 3.59. The molecule has 3 rings (SSSR count). The number of aryl methyl sites for hydroxylation is 1. The third kappa shape index (κ3) is 2.45. The number of benzene rings is 2. The first kappa shape index (κ1) is 12.9. The molecule has 3 nitrogen and oxygen atoms in total. The molecule has 102 valence electrons. The molecule has 0 amide bonds. The van der Waals surface area contributed by atoms with Gasteiger partial charge in [0.15, 0.2) is 5.78 Å². The van der Waals surface area contributed by atoms with Crippen molar-refractivity contribution in [3.05, 3.63) is 65.2 Å². The van der Waals surface area contributed by atoms with Crippen molar-refractivity contribution >= 4 is 5.78 Å². The lowest BCUT2D eigenvalue weighted by Gasteiger charge is -2.22. The van der Waals surface area contributed by atoms with E-state index in [1.807, 2.05) is 42.5 Å². The molecule has 1 aliphatic carbocycles. The molecule has 1 aliphatic rings. The van der Waals surface area contributed by atoms with Crippen LogP contribution in [0.2, 0.25) is 0 Å². The number of rotatable bonds is 3. The quantitative estimate of drug-likeness (QED) is 0.931. The number of fused-ring (bicyclic) bond motifs is 1. The first-order valence-electron chi connectivity index (χ1n) is 6.76. The highest BCUT2D eigenvalue weighted by Gasteiger charge is 2.28. The molecular weight excluding hydrogens is 252 g/mol. The van der Waals surface area contributed by atoms with Gasteiger partial charge in [0.25, 0.3) is 0 Å². The molecule has 0 radical (unpaired) electrons. The van der Waals surface area contributed by atoms with Gasteiger partial charge in [0, 0.05) is 0 Å². The van der Waals surface area contributed by atoms with Gasteiger partial charge in [-0.3, -0.25) is 4.79 Å². The van der Waals surface area contributed by atoms with E-state index in [1.165, 1.54) is 0 Å². The summed E-state index contributed by atoms with van der Waals surface area (Å²) in [5.74, 6) is 0.338. The minimum atomic E-state index is -0.899. The smallest absolute Gasteiger partial charge is 0.195 e. The molecule has 20 heavy (non-hydrogen) atoms. The summed E-state index contributed by atoms with van der Waals surface area (Å²) in [4.78, 5) is 12.1. The number of aliphatic hydroxyl groups excluding tert-OH is 1. The summed E-state index contributed by atoms with van der Waals surface area (Å²) in [5.41, 5.74) is 2.56. The van der Waals surface area contributed by atoms with Crippen LogP contribution in [-0.4, -0.2) is 17.0 Å². The lowest BCUT2D eigenvalue weighted by Crippen LogP contribution is -2.27. The third-order valence-corrected chi connectivity index (χ3v) is 3.59. The number of carbonyl (C=O) groups is 1. The maximum atomic E-state index is 12.1. The normalized spacial score (nSPS) is 17.6. The number of hydrogen-bond donors (Lipinski definition) is 1. The second-order valence-electron chi connectivity index (χ2n) is 4.98. The van der Waals surface area contributed by atoms with E-state index in [1.54, 1.807) is 6.07 Å². The predicted molar refractivity (Wildman–Crippen MR) is 75.9 cm³/mol. The van der Waals surface area contributed by atoms with Crippen LogP contribution in [0.5, 0.6) is 5.75 Å². The Kier molecular flexibility index (Phi) is 3.52. The average Bonchev–Trinajstić information content (AvgIpc) is 2.50. The molecule has 0 saturated carbocycles. The molecule has 1 unspecified atom stereocenters. The number of ether oxygens (including phenoxy) is 1. The highest BCUT2D eigenvalue weighted by Crippen LogP contribution is 2.30. The largest absolute Gasteiger partial charge is 0.488 e. The van der Waals surface area contributed by atoms with Crippen molar-refractivity contribution in [2.45, 2.75) is 25.6 Å². The van der Waals surface area contributed by atoms with Crippen LogP contribution >= 0.6 is 0 Å². The second kappa shape index (κ2) is 5.47. The summed E-state index contributed by atoms with van der Waals surface area (Å²) in [6, 6.07) is 15.4. The van der Waals surface area contributed by atoms with Gasteiger partial charge in [-0.15, -0.1) is 0 Å². The maximum Gasteiger partial charge on any atom is 0.195 e. The SMILES string of the molecule is O=C1c2c(cccc2OCc2ccccc2)CCC1O. The summed E-state index contributed by atoms with van der Waals surface area (Å²) >= 11 is 0. The average molecular weight is 268 g/mol. The summed E-state index contributed by atoms with van der Waals surface area (Å²) in [6.07, 6.45) is 0.308. The zero-order valence-corrected chi connectivity index (χ0v) is 11.1. The van der Waals surface area contributed by atoms with Crippen molar-refractivity contribution in [3.63, 3.8) is 0 Å². The molecule has 3 heteroatoms. The Balaban J connectivity index is 1.86. The lowest BCUT2D eigenvalue weighted by atomic mass is 9.88. The minimum Gasteiger partial charge on any atom is -0.488 e. The van der Waals surface area contributed by atoms with Gasteiger partial charge in [-0.25, -0.2) is 0 Å². The van der Waals surface area contributed by atoms with Gasteiger partial charge in [0.1, 0.15) is 18.5 Å². The molecule has 1 N–H and O–H groups in total. The van der Waals surface area contributed by atoms with Gasteiger partial charge in [-0.05, 0) is 30.0 Å². The molecule has 0 aliphatic heterocycles. The van der Waals surface area contributed by atoms with Crippen molar-refractivity contribution in [2.24, 2.45) is 0 Å². The van der Waals surface area contributed by atoms with Crippen LogP contribution in [-0.2, 0) is 13.0 Å². The fourth-order valence-electron chi connectivity index (χ4n) is 2.51. The Morgan fingerprint density at radius 3 is 2.70 bits per heavy atom. The fourth-order valence-corrected chi connectivity index (χ4v) is 2.51. The fraction of sp³-hybridized carbons (Fsp3) is 0.235. The zero-order chi connectivity index (χ0) is 13.9. The van der Waals surface area contributed by atoms with E-state index in [0.29, 0.717) is 30.8 Å². The number of carbonyl (C=O) groups excluding carboxylic acids is 1. The van der Waals surface area contributed by atoms with Crippen LogP contribution in [0.15, 0.2) is 48.5 Å². The van der Waals surface area contributed by atoms with Crippen molar-refractivity contribution in [1.29, 1.82) is 0 Å². The second-order valence-corrected chi connectivity index (χ2v) is 4.98. The van der Waals surface area contributed by atoms with E-state index in [9.17, 15) is 9.90 Å². The van der Waals surface area contributed by atoms with Crippen LogP contribution in [0, 0.1) is 0 Å². The molecule has 1 atom stereocenters. The van der Waals surface area contributed by atoms with E-state index in [-0.39, 0.29) is 5.78 Å². The standard InChI is InChI=1S/C17H16O3/c18-14-10-9-13-7-4-8-15(16(13)17(14)19)20-11-12-5-2-1-3-6-12/h1-8,14,18H,9-11H2. The van der Waals surface area contributed by atoms with Crippen molar-refractivity contribution in [1.82, 2.24) is 0 Å². The molecule has 0 saturated heterocycles. The van der Waals surface area contributed by atoms with Crippen LogP contribution in [0.1, 0.15) is 27.9 Å². The van der Waals surface area contributed by atoms with Gasteiger partial charge >= 0.3 is 0 Å². The molecule has 2 aromatic rings. The number of Topliss-reactive ketones (excluding diaryl/α,β-unsaturated/α-hetero) is 1. The lowest BCUT2D eigenvalue weighted by molar-refractivity contribution is 0.0707. The van der Waals surface area contributed by atoms with Crippen LogP contribution in [0.4, 0.5) is 0 Å².